The van der Waals surface area contributed by atoms with Gasteiger partial charge in [0.1, 0.15) is 17.8 Å². The molecule has 0 radical (unpaired) electrons. The molecule has 0 spiro atoms. The average Bonchev–Trinajstić information content (AvgIpc) is 3.06. The predicted octanol–water partition coefficient (Wildman–Crippen LogP) is 2.93. The smallest absolute Gasteiger partial charge is 0.424 e. The van der Waals surface area contributed by atoms with Crippen molar-refractivity contribution in [3.05, 3.63) is 94.5 Å². The largest absolute Gasteiger partial charge is 0.485 e. The van der Waals surface area contributed by atoms with Crippen LogP contribution < -0.4 is 15.4 Å². The fourth-order valence-electron chi connectivity index (χ4n) is 2.83. The molecule has 4 aromatic rings. The maximum Gasteiger partial charge on any atom is 0.424 e. The molecule has 0 saturated heterocycles. The number of hydrogen-bond acceptors (Lipinski definition) is 2. The first kappa shape index (κ1) is 16.1. The highest BCUT2D eigenvalue weighted by Crippen LogP contribution is 2.14. The Balaban J connectivity index is 1.64. The number of imidazole rings is 1. The van der Waals surface area contributed by atoms with E-state index in [1.165, 1.54) is 21.1 Å². The van der Waals surface area contributed by atoms with Gasteiger partial charge in [0.2, 0.25) is 0 Å². The molecular weight excluding hydrogens is 333 g/mol. The van der Waals surface area contributed by atoms with Crippen LogP contribution in [-0.4, -0.2) is 8.97 Å². The molecule has 0 unspecified atom stereocenters. The van der Waals surface area contributed by atoms with Crippen molar-refractivity contribution >= 4 is 5.65 Å². The maximum atomic E-state index is 13.1. The summed E-state index contributed by atoms with van der Waals surface area (Å²) in [7, 11) is 0. The predicted molar refractivity (Wildman–Crippen MR) is 95.0 cm³/mol. The van der Waals surface area contributed by atoms with E-state index in [1.807, 2.05) is 31.2 Å². The number of halogens is 1. The molecule has 0 atom stereocenters. The van der Waals surface area contributed by atoms with Gasteiger partial charge in [-0.2, -0.15) is 0 Å². The number of nitrogens with zero attached hydrogens (tertiary/aromatic N) is 2. The SMILES string of the molecule is Cc1cccc(OCc2cn3c(=O)n(-c4ccc(F)cc4)ccc3[nH+]2)c1. The third-order valence-electron chi connectivity index (χ3n) is 4.12. The molecule has 0 saturated carbocycles. The van der Waals surface area contributed by atoms with Gasteiger partial charge in [0.25, 0.3) is 5.65 Å². The van der Waals surface area contributed by atoms with Gasteiger partial charge >= 0.3 is 5.69 Å². The van der Waals surface area contributed by atoms with Gasteiger partial charge < -0.3 is 4.74 Å². The number of nitrogens with one attached hydrogen (secondary N) is 1. The zero-order valence-corrected chi connectivity index (χ0v) is 14.1. The molecule has 2 heterocycles. The summed E-state index contributed by atoms with van der Waals surface area (Å²) >= 11 is 0. The van der Waals surface area contributed by atoms with E-state index < -0.39 is 0 Å². The Kier molecular flexibility index (Phi) is 4.01. The molecule has 5 nitrogen and oxygen atoms in total. The molecule has 130 valence electrons. The molecule has 4 rings (SSSR count). The molecule has 0 amide bonds. The second kappa shape index (κ2) is 6.48. The van der Waals surface area contributed by atoms with Crippen molar-refractivity contribution in [1.82, 2.24) is 8.97 Å². The van der Waals surface area contributed by atoms with E-state index >= 15 is 0 Å². The molecule has 2 aromatic heterocycles. The number of H-pyrrole nitrogens is 1. The van der Waals surface area contributed by atoms with E-state index in [1.54, 1.807) is 30.6 Å². The highest BCUT2D eigenvalue weighted by atomic mass is 19.1. The topological polar surface area (TPSA) is 49.8 Å². The lowest BCUT2D eigenvalue weighted by Gasteiger charge is -2.03. The van der Waals surface area contributed by atoms with Gasteiger partial charge in [0.05, 0.1) is 5.69 Å². The van der Waals surface area contributed by atoms with Crippen LogP contribution >= 0.6 is 0 Å². The zero-order valence-electron chi connectivity index (χ0n) is 14.1. The summed E-state index contributed by atoms with van der Waals surface area (Å²) in [5.41, 5.74) is 2.92. The Bertz CT molecular complexity index is 1130. The van der Waals surface area contributed by atoms with E-state index in [0.29, 0.717) is 17.9 Å². The van der Waals surface area contributed by atoms with Crippen LogP contribution in [0.15, 0.2) is 71.8 Å². The van der Waals surface area contributed by atoms with Gasteiger partial charge in [-0.3, -0.25) is 0 Å². The van der Waals surface area contributed by atoms with Crippen molar-refractivity contribution < 1.29 is 14.1 Å². The number of aryl methyl sites for hydroxylation is 1. The minimum absolute atomic E-state index is 0.243. The Morgan fingerprint density at radius 3 is 2.69 bits per heavy atom. The van der Waals surface area contributed by atoms with Crippen molar-refractivity contribution in [1.29, 1.82) is 0 Å². The summed E-state index contributed by atoms with van der Waals surface area (Å²) in [6.07, 6.45) is 3.38. The van der Waals surface area contributed by atoms with E-state index in [4.69, 9.17) is 4.74 Å². The lowest BCUT2D eigenvalue weighted by Crippen LogP contribution is -2.25. The van der Waals surface area contributed by atoms with Crippen molar-refractivity contribution in [3.63, 3.8) is 0 Å². The number of rotatable bonds is 4. The van der Waals surface area contributed by atoms with Crippen molar-refractivity contribution in [2.75, 3.05) is 0 Å². The summed E-state index contributed by atoms with van der Waals surface area (Å²) in [6.45, 7) is 2.32. The van der Waals surface area contributed by atoms with Gasteiger partial charge in [-0.05, 0) is 48.9 Å². The van der Waals surface area contributed by atoms with Crippen molar-refractivity contribution in [3.8, 4) is 11.4 Å². The van der Waals surface area contributed by atoms with E-state index in [2.05, 4.69) is 4.98 Å². The molecule has 0 bridgehead atoms. The minimum Gasteiger partial charge on any atom is -0.485 e. The number of aromatic amines is 1. The molecule has 2 aromatic carbocycles. The van der Waals surface area contributed by atoms with Crippen LogP contribution in [0, 0.1) is 12.7 Å². The van der Waals surface area contributed by atoms with Crippen LogP contribution in [0.2, 0.25) is 0 Å². The van der Waals surface area contributed by atoms with Crippen molar-refractivity contribution in [2.24, 2.45) is 0 Å². The monoisotopic (exact) mass is 350 g/mol. The fraction of sp³-hybridized carbons (Fsp3) is 0.100. The second-order valence-corrected chi connectivity index (χ2v) is 6.08. The molecule has 0 aliphatic rings. The standard InChI is InChI=1S/C20H16FN3O2/c1-14-3-2-4-18(11-14)26-13-16-12-24-19(22-16)9-10-23(20(24)25)17-7-5-15(21)6-8-17/h2-12H,13H2,1H3/p+1. The number of hydrogen-bond donors (Lipinski definition) is 0. The van der Waals surface area contributed by atoms with Crippen LogP contribution in [0.4, 0.5) is 4.39 Å². The van der Waals surface area contributed by atoms with Crippen LogP contribution in [0.25, 0.3) is 11.3 Å². The second-order valence-electron chi connectivity index (χ2n) is 6.08. The van der Waals surface area contributed by atoms with Crippen LogP contribution in [0.3, 0.4) is 0 Å². The van der Waals surface area contributed by atoms with Crippen LogP contribution in [0.5, 0.6) is 5.75 Å². The summed E-state index contributed by atoms with van der Waals surface area (Å²) < 4.78 is 21.8. The summed E-state index contributed by atoms with van der Waals surface area (Å²) in [5.74, 6) is 0.435. The first-order valence-corrected chi connectivity index (χ1v) is 8.20. The van der Waals surface area contributed by atoms with Crippen LogP contribution in [0.1, 0.15) is 11.3 Å². The van der Waals surface area contributed by atoms with Gasteiger partial charge in [-0.15, -0.1) is 4.40 Å². The Morgan fingerprint density at radius 1 is 1.12 bits per heavy atom. The molecule has 0 aliphatic heterocycles. The lowest BCUT2D eigenvalue weighted by atomic mass is 10.2. The number of ether oxygens (including phenoxy) is 1. The zero-order chi connectivity index (χ0) is 18.1. The number of aromatic nitrogens is 3. The van der Waals surface area contributed by atoms with Gasteiger partial charge in [0.15, 0.2) is 12.3 Å². The normalized spacial score (nSPS) is 11.0. The Morgan fingerprint density at radius 2 is 1.92 bits per heavy atom. The molecule has 1 N–H and O–H groups in total. The van der Waals surface area contributed by atoms with Gasteiger partial charge in [-0.25, -0.2) is 18.7 Å². The third-order valence-corrected chi connectivity index (χ3v) is 4.12. The molecule has 0 aliphatic carbocycles. The minimum atomic E-state index is -0.340. The van der Waals surface area contributed by atoms with E-state index in [-0.39, 0.29) is 11.5 Å². The Labute approximate surface area is 148 Å². The Hall–Kier alpha value is -3.41. The molecular formula is C20H17FN3O2+. The molecule has 0 fully saturated rings. The first-order valence-electron chi connectivity index (χ1n) is 8.20. The first-order chi connectivity index (χ1) is 12.6. The quantitative estimate of drug-likeness (QED) is 0.568. The summed E-state index contributed by atoms with van der Waals surface area (Å²) in [6, 6.07) is 15.4. The van der Waals surface area contributed by atoms with Gasteiger partial charge in [-0.1, -0.05) is 12.1 Å². The average molecular weight is 350 g/mol. The molecule has 26 heavy (non-hydrogen) atoms. The number of benzene rings is 2. The maximum absolute atomic E-state index is 13.1. The third kappa shape index (κ3) is 3.09. The van der Waals surface area contributed by atoms with E-state index in [9.17, 15) is 9.18 Å². The molecule has 6 heteroatoms. The number of fused-ring (bicyclic) bond motifs is 1. The van der Waals surface area contributed by atoms with E-state index in [0.717, 1.165) is 17.0 Å². The van der Waals surface area contributed by atoms with Gasteiger partial charge in [0, 0.05) is 12.3 Å². The highest BCUT2D eigenvalue weighted by molar-refractivity contribution is 5.36. The summed E-state index contributed by atoms with van der Waals surface area (Å²) in [5, 5.41) is 0. The van der Waals surface area contributed by atoms with Crippen LogP contribution in [-0.2, 0) is 6.61 Å². The summed E-state index contributed by atoms with van der Waals surface area (Å²) in [4.78, 5) is 15.9. The fourth-order valence-corrected chi connectivity index (χ4v) is 2.83. The van der Waals surface area contributed by atoms with Crippen molar-refractivity contribution in [2.45, 2.75) is 13.5 Å². The highest BCUT2D eigenvalue weighted by Gasteiger charge is 2.15. The lowest BCUT2D eigenvalue weighted by molar-refractivity contribution is -0.360.